The van der Waals surface area contributed by atoms with Gasteiger partial charge in [-0.25, -0.2) is 5.43 Å². The smallest absolute Gasteiger partial charge is 0.271 e. The number of nitrogens with zero attached hydrogens (tertiary/aromatic N) is 2. The summed E-state index contributed by atoms with van der Waals surface area (Å²) in [5.74, 6) is -0.296. The number of nitrogens with one attached hydrogen (secondary N) is 1. The first-order chi connectivity index (χ1) is 15.0. The minimum absolute atomic E-state index is 0.296. The normalized spacial score (nSPS) is 11.1. The molecule has 0 aliphatic rings. The lowest BCUT2D eigenvalue weighted by atomic mass is 10.1. The molecule has 1 heterocycles. The standard InChI is InChI=1S/C25H19Cl2N3O/c1-17-7-14-24(19-5-3-2-4-6-19)30(17)21-11-9-20(10-12-21)25(31)29-28-16-18-8-13-22(26)23(27)15-18/h2-16H,1H3,(H,29,31)/b28-16-. The van der Waals surface area contributed by atoms with Gasteiger partial charge in [0, 0.05) is 16.9 Å². The van der Waals surface area contributed by atoms with Gasteiger partial charge in [-0.15, -0.1) is 0 Å². The number of hydrogen-bond acceptors (Lipinski definition) is 2. The Hall–Kier alpha value is -3.34. The fourth-order valence-electron chi connectivity index (χ4n) is 3.30. The number of halogens is 2. The third-order valence-corrected chi connectivity index (χ3v) is 5.60. The van der Waals surface area contributed by atoms with Gasteiger partial charge < -0.3 is 4.57 Å². The van der Waals surface area contributed by atoms with Crippen molar-refractivity contribution in [3.05, 3.63) is 112 Å². The molecule has 6 heteroatoms. The van der Waals surface area contributed by atoms with Crippen molar-refractivity contribution in [3.63, 3.8) is 0 Å². The Morgan fingerprint density at radius 1 is 0.903 bits per heavy atom. The van der Waals surface area contributed by atoms with E-state index in [0.29, 0.717) is 15.6 Å². The van der Waals surface area contributed by atoms with Gasteiger partial charge in [-0.05, 0) is 66.6 Å². The van der Waals surface area contributed by atoms with E-state index in [1.165, 1.54) is 6.21 Å². The van der Waals surface area contributed by atoms with E-state index in [-0.39, 0.29) is 5.91 Å². The highest BCUT2D eigenvalue weighted by atomic mass is 35.5. The SMILES string of the molecule is Cc1ccc(-c2ccccc2)n1-c1ccc(C(=O)N/N=C\c2ccc(Cl)c(Cl)c2)cc1. The summed E-state index contributed by atoms with van der Waals surface area (Å²) in [5.41, 5.74) is 8.11. The Labute approximate surface area is 190 Å². The van der Waals surface area contributed by atoms with Gasteiger partial charge in [0.2, 0.25) is 0 Å². The van der Waals surface area contributed by atoms with Gasteiger partial charge in [0.1, 0.15) is 0 Å². The van der Waals surface area contributed by atoms with Crippen LogP contribution in [0.3, 0.4) is 0 Å². The number of hydrogen-bond donors (Lipinski definition) is 1. The predicted molar refractivity (Wildman–Crippen MR) is 127 cm³/mol. The Morgan fingerprint density at radius 2 is 1.65 bits per heavy atom. The maximum absolute atomic E-state index is 12.4. The molecule has 4 nitrogen and oxygen atoms in total. The third kappa shape index (κ3) is 4.71. The van der Waals surface area contributed by atoms with Gasteiger partial charge in [-0.2, -0.15) is 5.10 Å². The van der Waals surface area contributed by atoms with E-state index in [9.17, 15) is 4.79 Å². The van der Waals surface area contributed by atoms with E-state index < -0.39 is 0 Å². The van der Waals surface area contributed by atoms with Crippen LogP contribution in [0.25, 0.3) is 16.9 Å². The molecule has 4 aromatic rings. The van der Waals surface area contributed by atoms with E-state index in [2.05, 4.69) is 46.3 Å². The van der Waals surface area contributed by atoms with Crippen LogP contribution in [0.2, 0.25) is 10.0 Å². The Bertz CT molecular complexity index is 1250. The summed E-state index contributed by atoms with van der Waals surface area (Å²) >= 11 is 11.9. The van der Waals surface area contributed by atoms with E-state index in [0.717, 1.165) is 28.2 Å². The summed E-state index contributed by atoms with van der Waals surface area (Å²) in [6.07, 6.45) is 1.52. The van der Waals surface area contributed by atoms with Crippen molar-refractivity contribution in [1.29, 1.82) is 0 Å². The van der Waals surface area contributed by atoms with E-state index >= 15 is 0 Å². The number of aryl methyl sites for hydroxylation is 1. The molecule has 0 unspecified atom stereocenters. The van der Waals surface area contributed by atoms with Crippen LogP contribution in [-0.4, -0.2) is 16.7 Å². The van der Waals surface area contributed by atoms with Crippen molar-refractivity contribution in [2.24, 2.45) is 5.10 Å². The summed E-state index contributed by atoms with van der Waals surface area (Å²) in [6, 6.07) is 26.9. The zero-order valence-electron chi connectivity index (χ0n) is 16.7. The van der Waals surface area contributed by atoms with Crippen molar-refractivity contribution in [1.82, 2.24) is 9.99 Å². The molecule has 0 saturated heterocycles. The molecular weight excluding hydrogens is 429 g/mol. The minimum atomic E-state index is -0.296. The second-order valence-corrected chi connectivity index (χ2v) is 7.80. The Morgan fingerprint density at radius 3 is 2.35 bits per heavy atom. The lowest BCUT2D eigenvalue weighted by Gasteiger charge is -2.12. The highest BCUT2D eigenvalue weighted by Crippen LogP contribution is 2.26. The second kappa shape index (κ2) is 9.21. The van der Waals surface area contributed by atoms with Crippen LogP contribution in [0.4, 0.5) is 0 Å². The lowest BCUT2D eigenvalue weighted by molar-refractivity contribution is 0.0955. The first-order valence-electron chi connectivity index (χ1n) is 9.65. The molecular formula is C25H19Cl2N3O. The second-order valence-electron chi connectivity index (χ2n) is 6.98. The molecule has 0 saturated carbocycles. The van der Waals surface area contributed by atoms with Crippen LogP contribution in [-0.2, 0) is 0 Å². The summed E-state index contributed by atoms with van der Waals surface area (Å²) < 4.78 is 2.17. The molecule has 1 aromatic heterocycles. The van der Waals surface area contributed by atoms with Crippen LogP contribution in [0.15, 0.2) is 90.0 Å². The van der Waals surface area contributed by atoms with E-state index in [1.807, 2.05) is 30.3 Å². The van der Waals surface area contributed by atoms with Gasteiger partial charge in [-0.1, -0.05) is 59.6 Å². The summed E-state index contributed by atoms with van der Waals surface area (Å²) in [5, 5.41) is 4.90. The zero-order chi connectivity index (χ0) is 21.8. The molecule has 0 bridgehead atoms. The number of rotatable bonds is 5. The van der Waals surface area contributed by atoms with Crippen molar-refractivity contribution in [2.75, 3.05) is 0 Å². The van der Waals surface area contributed by atoms with Gasteiger partial charge in [0.05, 0.1) is 22.0 Å². The predicted octanol–water partition coefficient (Wildman–Crippen LogP) is 6.52. The fourth-order valence-corrected chi connectivity index (χ4v) is 3.61. The van der Waals surface area contributed by atoms with Crippen LogP contribution in [0.5, 0.6) is 0 Å². The molecule has 1 N–H and O–H groups in total. The summed E-state index contributed by atoms with van der Waals surface area (Å²) in [4.78, 5) is 12.4. The molecule has 0 atom stereocenters. The van der Waals surface area contributed by atoms with Crippen LogP contribution in [0, 0.1) is 6.92 Å². The molecule has 31 heavy (non-hydrogen) atoms. The monoisotopic (exact) mass is 447 g/mol. The fraction of sp³-hybridized carbons (Fsp3) is 0.0400. The van der Waals surface area contributed by atoms with Crippen LogP contribution < -0.4 is 5.43 Å². The lowest BCUT2D eigenvalue weighted by Crippen LogP contribution is -2.17. The van der Waals surface area contributed by atoms with Gasteiger partial charge >= 0.3 is 0 Å². The van der Waals surface area contributed by atoms with E-state index in [1.54, 1.807) is 30.3 Å². The largest absolute Gasteiger partial charge is 0.314 e. The van der Waals surface area contributed by atoms with Gasteiger partial charge in [0.25, 0.3) is 5.91 Å². The first-order valence-corrected chi connectivity index (χ1v) is 10.4. The number of amides is 1. The maximum atomic E-state index is 12.4. The van der Waals surface area contributed by atoms with Crippen molar-refractivity contribution in [2.45, 2.75) is 6.92 Å². The highest BCUT2D eigenvalue weighted by Gasteiger charge is 2.10. The summed E-state index contributed by atoms with van der Waals surface area (Å²) in [6.45, 7) is 2.06. The molecule has 0 aliphatic heterocycles. The maximum Gasteiger partial charge on any atom is 0.271 e. The molecule has 0 fully saturated rings. The number of hydrazone groups is 1. The number of carbonyl (C=O) groups excluding carboxylic acids is 1. The molecule has 0 radical (unpaired) electrons. The van der Waals surface area contributed by atoms with E-state index in [4.69, 9.17) is 23.2 Å². The number of carbonyl (C=O) groups is 1. The quantitative estimate of drug-likeness (QED) is 0.274. The van der Waals surface area contributed by atoms with Crippen molar-refractivity contribution >= 4 is 35.3 Å². The van der Waals surface area contributed by atoms with Gasteiger partial charge in [-0.3, -0.25) is 4.79 Å². The molecule has 1 amide bonds. The average Bonchev–Trinajstić information content (AvgIpc) is 3.18. The Kier molecular flexibility index (Phi) is 6.21. The number of aromatic nitrogens is 1. The molecule has 0 aliphatic carbocycles. The molecule has 3 aromatic carbocycles. The molecule has 154 valence electrons. The number of benzene rings is 3. The van der Waals surface area contributed by atoms with Crippen molar-refractivity contribution < 1.29 is 4.79 Å². The van der Waals surface area contributed by atoms with Crippen LogP contribution >= 0.6 is 23.2 Å². The zero-order valence-corrected chi connectivity index (χ0v) is 18.2. The molecule has 4 rings (SSSR count). The third-order valence-electron chi connectivity index (χ3n) is 4.86. The Balaban J connectivity index is 1.50. The van der Waals surface area contributed by atoms with Gasteiger partial charge in [0.15, 0.2) is 0 Å². The summed E-state index contributed by atoms with van der Waals surface area (Å²) in [7, 11) is 0. The average molecular weight is 448 g/mol. The molecule has 0 spiro atoms. The first kappa shape index (κ1) is 20.9. The minimum Gasteiger partial charge on any atom is -0.314 e. The topological polar surface area (TPSA) is 46.4 Å². The van der Waals surface area contributed by atoms with Crippen LogP contribution in [0.1, 0.15) is 21.6 Å². The highest BCUT2D eigenvalue weighted by molar-refractivity contribution is 6.42. The van der Waals surface area contributed by atoms with Crippen molar-refractivity contribution in [3.8, 4) is 16.9 Å².